The maximum Gasteiger partial charge on any atom is 0.307 e. The van der Waals surface area contributed by atoms with Crippen molar-refractivity contribution < 1.29 is 14.7 Å². The molecule has 1 rings (SSSR count). The second-order valence-electron chi connectivity index (χ2n) is 4.44. The van der Waals surface area contributed by atoms with Crippen molar-refractivity contribution in [3.8, 4) is 0 Å². The van der Waals surface area contributed by atoms with Gasteiger partial charge in [0.25, 0.3) is 0 Å². The molecule has 6 heteroatoms. The van der Waals surface area contributed by atoms with Gasteiger partial charge in [-0.25, -0.2) is 0 Å². The van der Waals surface area contributed by atoms with E-state index in [1.807, 2.05) is 17.0 Å². The summed E-state index contributed by atoms with van der Waals surface area (Å²) < 4.78 is 0. The maximum absolute atomic E-state index is 11.5. The molecule has 0 saturated heterocycles. The molecule has 1 atom stereocenters. The van der Waals surface area contributed by atoms with Gasteiger partial charge in [0.15, 0.2) is 0 Å². The number of rotatable bonds is 7. The topological polar surface area (TPSA) is 82.5 Å². The molecular weight excluding hydrogens is 246 g/mol. The number of carboxylic acid groups (broad SMARTS) is 1. The Labute approximate surface area is 112 Å². The van der Waals surface area contributed by atoms with Crippen molar-refractivity contribution in [1.82, 2.24) is 15.2 Å². The van der Waals surface area contributed by atoms with Crippen molar-refractivity contribution in [1.29, 1.82) is 0 Å². The molecule has 0 aliphatic heterocycles. The number of aromatic nitrogens is 1. The Balaban J connectivity index is 2.68. The number of carbonyl (C=O) groups is 2. The minimum absolute atomic E-state index is 0.133. The molecule has 2 N–H and O–H groups in total. The van der Waals surface area contributed by atoms with Crippen LogP contribution in [0.3, 0.4) is 0 Å². The largest absolute Gasteiger partial charge is 0.481 e. The second-order valence-corrected chi connectivity index (χ2v) is 4.44. The smallest absolute Gasteiger partial charge is 0.307 e. The average molecular weight is 265 g/mol. The first-order chi connectivity index (χ1) is 9.02. The van der Waals surface area contributed by atoms with Crippen LogP contribution in [0.2, 0.25) is 0 Å². The van der Waals surface area contributed by atoms with Crippen molar-refractivity contribution in [3.63, 3.8) is 0 Å². The summed E-state index contributed by atoms with van der Waals surface area (Å²) in [6, 6.07) is 3.70. The third-order valence-corrected chi connectivity index (χ3v) is 2.76. The molecule has 1 aromatic rings. The summed E-state index contributed by atoms with van der Waals surface area (Å²) in [4.78, 5) is 28.1. The van der Waals surface area contributed by atoms with Gasteiger partial charge in [0.1, 0.15) is 0 Å². The fraction of sp³-hybridized carbons (Fsp3) is 0.462. The first-order valence-electron chi connectivity index (χ1n) is 6.07. The Kier molecular flexibility index (Phi) is 5.95. The number of aliphatic carboxylic acids is 1. The number of nitrogens with zero attached hydrogens (tertiary/aromatic N) is 2. The second kappa shape index (κ2) is 7.48. The van der Waals surface area contributed by atoms with Gasteiger partial charge in [-0.05, 0) is 17.7 Å². The molecule has 6 nitrogen and oxygen atoms in total. The highest BCUT2D eigenvalue weighted by molar-refractivity contribution is 5.77. The molecule has 104 valence electrons. The Morgan fingerprint density at radius 2 is 2.05 bits per heavy atom. The van der Waals surface area contributed by atoms with E-state index in [-0.39, 0.29) is 12.5 Å². The summed E-state index contributed by atoms with van der Waals surface area (Å²) in [5.41, 5.74) is 0.997. The first kappa shape index (κ1) is 15.1. The molecule has 0 aliphatic rings. The molecule has 19 heavy (non-hydrogen) atoms. The quantitative estimate of drug-likeness (QED) is 0.743. The number of pyridine rings is 1. The molecule has 0 aliphatic carbocycles. The summed E-state index contributed by atoms with van der Waals surface area (Å²) in [6.45, 7) is 2.65. The van der Waals surface area contributed by atoms with Crippen LogP contribution in [0.5, 0.6) is 0 Å². The number of carbonyl (C=O) groups excluding carboxylic acids is 1. The lowest BCUT2D eigenvalue weighted by atomic mass is 10.1. The van der Waals surface area contributed by atoms with Gasteiger partial charge in [-0.1, -0.05) is 6.92 Å². The van der Waals surface area contributed by atoms with Crippen molar-refractivity contribution in [2.75, 3.05) is 20.1 Å². The zero-order valence-electron chi connectivity index (χ0n) is 11.2. The van der Waals surface area contributed by atoms with Crippen molar-refractivity contribution >= 4 is 11.9 Å². The zero-order chi connectivity index (χ0) is 14.3. The predicted molar refractivity (Wildman–Crippen MR) is 70.4 cm³/mol. The molecule has 0 saturated carbocycles. The van der Waals surface area contributed by atoms with E-state index in [0.717, 1.165) is 5.56 Å². The normalized spacial score (nSPS) is 12.2. The van der Waals surface area contributed by atoms with E-state index in [1.165, 1.54) is 0 Å². The third kappa shape index (κ3) is 5.48. The van der Waals surface area contributed by atoms with Gasteiger partial charge >= 0.3 is 5.97 Å². The maximum atomic E-state index is 11.5. The lowest BCUT2D eigenvalue weighted by Gasteiger charge is -2.23. The van der Waals surface area contributed by atoms with E-state index in [9.17, 15) is 9.59 Å². The lowest BCUT2D eigenvalue weighted by Crippen LogP contribution is -2.39. The van der Waals surface area contributed by atoms with Gasteiger partial charge in [-0.15, -0.1) is 0 Å². The molecule has 1 unspecified atom stereocenters. The molecular formula is C13H19N3O3. The predicted octanol–water partition coefficient (Wildman–Crippen LogP) is 0.350. The molecule has 0 fully saturated rings. The van der Waals surface area contributed by atoms with Gasteiger partial charge in [-0.2, -0.15) is 0 Å². The molecule has 1 heterocycles. The minimum Gasteiger partial charge on any atom is -0.481 e. The first-order valence-corrected chi connectivity index (χ1v) is 6.07. The van der Waals surface area contributed by atoms with E-state index >= 15 is 0 Å². The van der Waals surface area contributed by atoms with Crippen LogP contribution >= 0.6 is 0 Å². The molecule has 1 aromatic heterocycles. The van der Waals surface area contributed by atoms with E-state index < -0.39 is 11.9 Å². The van der Waals surface area contributed by atoms with E-state index in [2.05, 4.69) is 10.3 Å². The van der Waals surface area contributed by atoms with E-state index in [0.29, 0.717) is 13.1 Å². The van der Waals surface area contributed by atoms with Crippen LogP contribution in [0, 0.1) is 5.92 Å². The van der Waals surface area contributed by atoms with Crippen LogP contribution in [0.4, 0.5) is 0 Å². The number of nitrogens with one attached hydrogen (secondary N) is 1. The highest BCUT2D eigenvalue weighted by Crippen LogP contribution is 2.07. The third-order valence-electron chi connectivity index (χ3n) is 2.76. The van der Waals surface area contributed by atoms with Crippen molar-refractivity contribution in [2.45, 2.75) is 13.5 Å². The number of carboxylic acids is 1. The van der Waals surface area contributed by atoms with Gasteiger partial charge in [0, 0.05) is 32.5 Å². The standard InChI is InChI=1S/C13H19N3O3/c1-10(13(18)19)7-16(9-12(17)14-2)8-11-3-5-15-6-4-11/h3-6,10H,7-9H2,1-2H3,(H,14,17)(H,18,19). The van der Waals surface area contributed by atoms with Crippen LogP contribution in [-0.4, -0.2) is 47.0 Å². The molecule has 0 aromatic carbocycles. The number of hydrogen-bond donors (Lipinski definition) is 2. The highest BCUT2D eigenvalue weighted by Gasteiger charge is 2.18. The SMILES string of the molecule is CNC(=O)CN(Cc1ccncc1)CC(C)C(=O)O. The summed E-state index contributed by atoms with van der Waals surface area (Å²) in [6.07, 6.45) is 3.35. The van der Waals surface area contributed by atoms with E-state index in [4.69, 9.17) is 5.11 Å². The van der Waals surface area contributed by atoms with E-state index in [1.54, 1.807) is 26.4 Å². The Morgan fingerprint density at radius 1 is 1.42 bits per heavy atom. The van der Waals surface area contributed by atoms with Crippen LogP contribution in [-0.2, 0) is 16.1 Å². The summed E-state index contributed by atoms with van der Waals surface area (Å²) in [7, 11) is 1.56. The van der Waals surface area contributed by atoms with Gasteiger partial charge in [-0.3, -0.25) is 19.5 Å². The van der Waals surface area contributed by atoms with Crippen molar-refractivity contribution in [3.05, 3.63) is 30.1 Å². The molecule has 0 radical (unpaired) electrons. The van der Waals surface area contributed by atoms with Gasteiger partial charge < -0.3 is 10.4 Å². The van der Waals surface area contributed by atoms with Crippen LogP contribution < -0.4 is 5.32 Å². The molecule has 0 spiro atoms. The fourth-order valence-electron chi connectivity index (χ4n) is 1.68. The summed E-state index contributed by atoms with van der Waals surface area (Å²) in [5.74, 6) is -1.52. The Hall–Kier alpha value is -1.95. The molecule has 1 amide bonds. The Bertz CT molecular complexity index is 422. The Morgan fingerprint density at radius 3 is 2.58 bits per heavy atom. The van der Waals surface area contributed by atoms with Gasteiger partial charge in [0.2, 0.25) is 5.91 Å². The van der Waals surface area contributed by atoms with Crippen LogP contribution in [0.25, 0.3) is 0 Å². The minimum atomic E-state index is -0.864. The van der Waals surface area contributed by atoms with Crippen molar-refractivity contribution in [2.24, 2.45) is 5.92 Å². The van der Waals surface area contributed by atoms with Crippen LogP contribution in [0.1, 0.15) is 12.5 Å². The summed E-state index contributed by atoms with van der Waals surface area (Å²) >= 11 is 0. The van der Waals surface area contributed by atoms with Gasteiger partial charge in [0.05, 0.1) is 12.5 Å². The average Bonchev–Trinajstić information content (AvgIpc) is 2.39. The highest BCUT2D eigenvalue weighted by atomic mass is 16.4. The number of likely N-dealkylation sites (N-methyl/N-ethyl adjacent to an activating group) is 1. The number of hydrogen-bond acceptors (Lipinski definition) is 4. The fourth-order valence-corrected chi connectivity index (χ4v) is 1.68. The number of amides is 1. The summed E-state index contributed by atoms with van der Waals surface area (Å²) in [5, 5.41) is 11.5. The monoisotopic (exact) mass is 265 g/mol. The lowest BCUT2D eigenvalue weighted by molar-refractivity contribution is -0.142. The molecule has 0 bridgehead atoms. The zero-order valence-corrected chi connectivity index (χ0v) is 11.2. The van der Waals surface area contributed by atoms with Crippen LogP contribution in [0.15, 0.2) is 24.5 Å².